The molecule has 186 valence electrons. The minimum absolute atomic E-state index is 0.0361. The summed E-state index contributed by atoms with van der Waals surface area (Å²) in [5.41, 5.74) is 3.85. The largest absolute Gasteiger partial charge is 0.376 e. The second-order valence-corrected chi connectivity index (χ2v) is 8.26. The SMILES string of the molecule is CCN(C(=O)c1ccc(NC(=O)CNc2cccc(NC(=O)c3ccccc3)c2)cc1)c1ccccc1. The van der Waals surface area contributed by atoms with Crippen molar-refractivity contribution in [2.24, 2.45) is 0 Å². The van der Waals surface area contributed by atoms with Gasteiger partial charge in [0.25, 0.3) is 11.8 Å². The highest BCUT2D eigenvalue weighted by Crippen LogP contribution is 2.19. The first-order valence-corrected chi connectivity index (χ1v) is 12.0. The van der Waals surface area contributed by atoms with E-state index < -0.39 is 0 Å². The average Bonchev–Trinajstić information content (AvgIpc) is 2.94. The Balaban J connectivity index is 1.30. The molecule has 0 spiro atoms. The molecule has 4 aromatic carbocycles. The van der Waals surface area contributed by atoms with Gasteiger partial charge in [0.05, 0.1) is 6.54 Å². The lowest BCUT2D eigenvalue weighted by Gasteiger charge is -2.21. The van der Waals surface area contributed by atoms with Crippen molar-refractivity contribution in [2.75, 3.05) is 33.9 Å². The third-order valence-corrected chi connectivity index (χ3v) is 5.65. The van der Waals surface area contributed by atoms with Crippen LogP contribution in [0.15, 0.2) is 109 Å². The number of hydrogen-bond donors (Lipinski definition) is 3. The van der Waals surface area contributed by atoms with E-state index >= 15 is 0 Å². The maximum Gasteiger partial charge on any atom is 0.258 e. The maximum atomic E-state index is 12.9. The van der Waals surface area contributed by atoms with Crippen molar-refractivity contribution in [1.82, 2.24) is 0 Å². The van der Waals surface area contributed by atoms with Gasteiger partial charge in [-0.25, -0.2) is 0 Å². The highest BCUT2D eigenvalue weighted by atomic mass is 16.2. The number of anilines is 4. The third kappa shape index (κ3) is 6.82. The van der Waals surface area contributed by atoms with E-state index in [4.69, 9.17) is 0 Å². The molecular formula is C30H28N4O3. The minimum Gasteiger partial charge on any atom is -0.376 e. The lowest BCUT2D eigenvalue weighted by Crippen LogP contribution is -2.30. The Labute approximate surface area is 216 Å². The molecule has 0 aromatic heterocycles. The fraction of sp³-hybridized carbons (Fsp3) is 0.100. The van der Waals surface area contributed by atoms with Gasteiger partial charge in [-0.15, -0.1) is 0 Å². The van der Waals surface area contributed by atoms with E-state index in [1.54, 1.807) is 59.5 Å². The second-order valence-electron chi connectivity index (χ2n) is 8.26. The number of nitrogens with one attached hydrogen (secondary N) is 3. The Bertz CT molecular complexity index is 1360. The van der Waals surface area contributed by atoms with Crippen LogP contribution in [0.4, 0.5) is 22.7 Å². The van der Waals surface area contributed by atoms with Crippen LogP contribution in [0.5, 0.6) is 0 Å². The van der Waals surface area contributed by atoms with Crippen LogP contribution in [0, 0.1) is 0 Å². The average molecular weight is 493 g/mol. The van der Waals surface area contributed by atoms with E-state index in [2.05, 4.69) is 16.0 Å². The molecule has 0 aliphatic heterocycles. The molecule has 3 amide bonds. The number of rotatable bonds is 9. The summed E-state index contributed by atoms with van der Waals surface area (Å²) in [6.45, 7) is 2.51. The van der Waals surface area contributed by atoms with Crippen LogP contribution in [0.2, 0.25) is 0 Å². The summed E-state index contributed by atoms with van der Waals surface area (Å²) in [5, 5.41) is 8.74. The van der Waals surface area contributed by atoms with Crippen molar-refractivity contribution >= 4 is 40.5 Å². The summed E-state index contributed by atoms with van der Waals surface area (Å²) < 4.78 is 0. The van der Waals surface area contributed by atoms with Gasteiger partial charge in [0, 0.05) is 40.4 Å². The molecule has 0 aliphatic rings. The third-order valence-electron chi connectivity index (χ3n) is 5.65. The molecule has 0 bridgehead atoms. The number of amides is 3. The molecule has 7 nitrogen and oxygen atoms in total. The molecule has 0 aliphatic carbocycles. The van der Waals surface area contributed by atoms with Crippen LogP contribution in [-0.2, 0) is 4.79 Å². The maximum absolute atomic E-state index is 12.9. The van der Waals surface area contributed by atoms with Gasteiger partial charge in [-0.3, -0.25) is 14.4 Å². The van der Waals surface area contributed by atoms with Gasteiger partial charge in [0.1, 0.15) is 0 Å². The Morgan fingerprint density at radius 3 is 1.97 bits per heavy atom. The Morgan fingerprint density at radius 1 is 0.649 bits per heavy atom. The number of para-hydroxylation sites is 1. The van der Waals surface area contributed by atoms with Gasteiger partial charge in [0.2, 0.25) is 5.91 Å². The predicted molar refractivity (Wildman–Crippen MR) is 148 cm³/mol. The Kier molecular flexibility index (Phi) is 8.29. The van der Waals surface area contributed by atoms with Gasteiger partial charge >= 0.3 is 0 Å². The van der Waals surface area contributed by atoms with Crippen LogP contribution in [0.3, 0.4) is 0 Å². The molecule has 37 heavy (non-hydrogen) atoms. The topological polar surface area (TPSA) is 90.5 Å². The van der Waals surface area contributed by atoms with Crippen molar-refractivity contribution in [3.8, 4) is 0 Å². The normalized spacial score (nSPS) is 10.3. The van der Waals surface area contributed by atoms with E-state index in [0.29, 0.717) is 34.7 Å². The number of carbonyl (C=O) groups excluding carboxylic acids is 3. The molecule has 3 N–H and O–H groups in total. The molecule has 0 radical (unpaired) electrons. The summed E-state index contributed by atoms with van der Waals surface area (Å²) in [6.07, 6.45) is 0. The van der Waals surface area contributed by atoms with Gasteiger partial charge in [-0.2, -0.15) is 0 Å². The lowest BCUT2D eigenvalue weighted by atomic mass is 10.1. The highest BCUT2D eigenvalue weighted by molar-refractivity contribution is 6.06. The smallest absolute Gasteiger partial charge is 0.258 e. The van der Waals surface area contributed by atoms with Crippen LogP contribution in [0.1, 0.15) is 27.6 Å². The zero-order valence-electron chi connectivity index (χ0n) is 20.5. The van der Waals surface area contributed by atoms with E-state index in [0.717, 1.165) is 5.69 Å². The monoisotopic (exact) mass is 492 g/mol. The molecule has 4 aromatic rings. The van der Waals surface area contributed by atoms with Gasteiger partial charge < -0.3 is 20.9 Å². The van der Waals surface area contributed by atoms with E-state index in [1.165, 1.54) is 0 Å². The van der Waals surface area contributed by atoms with Crippen LogP contribution < -0.4 is 20.9 Å². The molecule has 0 saturated heterocycles. The van der Waals surface area contributed by atoms with Crippen molar-refractivity contribution in [3.05, 3.63) is 120 Å². The van der Waals surface area contributed by atoms with Gasteiger partial charge in [0.15, 0.2) is 0 Å². The van der Waals surface area contributed by atoms with Crippen LogP contribution >= 0.6 is 0 Å². The number of nitrogens with zero attached hydrogens (tertiary/aromatic N) is 1. The molecule has 0 fully saturated rings. The zero-order valence-corrected chi connectivity index (χ0v) is 20.5. The molecule has 4 rings (SSSR count). The molecule has 7 heteroatoms. The Morgan fingerprint density at radius 2 is 1.30 bits per heavy atom. The quantitative estimate of drug-likeness (QED) is 0.281. The van der Waals surface area contributed by atoms with E-state index in [1.807, 2.05) is 61.5 Å². The number of carbonyl (C=O) groups is 3. The fourth-order valence-corrected chi connectivity index (χ4v) is 3.79. The van der Waals surface area contributed by atoms with Crippen molar-refractivity contribution in [1.29, 1.82) is 0 Å². The molecule has 0 heterocycles. The first-order valence-electron chi connectivity index (χ1n) is 12.0. The summed E-state index contributed by atoms with van der Waals surface area (Å²) in [4.78, 5) is 39.5. The number of benzene rings is 4. The second kappa shape index (κ2) is 12.2. The van der Waals surface area contributed by atoms with Crippen LogP contribution in [0.25, 0.3) is 0 Å². The van der Waals surface area contributed by atoms with Crippen LogP contribution in [-0.4, -0.2) is 30.8 Å². The van der Waals surface area contributed by atoms with Crippen molar-refractivity contribution in [2.45, 2.75) is 6.92 Å². The predicted octanol–water partition coefficient (Wildman–Crippen LogP) is 5.66. The van der Waals surface area contributed by atoms with Crippen molar-refractivity contribution < 1.29 is 14.4 Å². The summed E-state index contributed by atoms with van der Waals surface area (Å²) in [5.74, 6) is -0.548. The van der Waals surface area contributed by atoms with E-state index in [-0.39, 0.29) is 24.3 Å². The molecular weight excluding hydrogens is 464 g/mol. The highest BCUT2D eigenvalue weighted by Gasteiger charge is 2.16. The van der Waals surface area contributed by atoms with Gasteiger partial charge in [-0.1, -0.05) is 42.5 Å². The zero-order chi connectivity index (χ0) is 26.0. The minimum atomic E-state index is -0.239. The first kappa shape index (κ1) is 25.2. The summed E-state index contributed by atoms with van der Waals surface area (Å²) in [6, 6.07) is 32.5. The standard InChI is InChI=1S/C30H28N4O3/c1-2-34(27-14-7-4-8-15-27)30(37)23-16-18-24(19-17-23)32-28(35)21-31-25-12-9-13-26(20-25)33-29(36)22-10-5-3-6-11-22/h3-20,31H,2,21H2,1H3,(H,32,35)(H,33,36). The summed E-state index contributed by atoms with van der Waals surface area (Å²) >= 11 is 0. The lowest BCUT2D eigenvalue weighted by molar-refractivity contribution is -0.114. The molecule has 0 unspecified atom stereocenters. The van der Waals surface area contributed by atoms with Crippen molar-refractivity contribution in [3.63, 3.8) is 0 Å². The molecule has 0 atom stereocenters. The Hall–Kier alpha value is -4.91. The summed E-state index contributed by atoms with van der Waals surface area (Å²) in [7, 11) is 0. The molecule has 0 saturated carbocycles. The first-order chi connectivity index (χ1) is 18.0. The van der Waals surface area contributed by atoms with Gasteiger partial charge in [-0.05, 0) is 73.7 Å². The number of hydrogen-bond acceptors (Lipinski definition) is 4. The fourth-order valence-electron chi connectivity index (χ4n) is 3.79. The van der Waals surface area contributed by atoms with E-state index in [9.17, 15) is 14.4 Å².